The summed E-state index contributed by atoms with van der Waals surface area (Å²) >= 11 is 0. The molecule has 5 nitrogen and oxygen atoms in total. The smallest absolute Gasteiger partial charge is 0.410 e. The number of piperidine rings is 1. The molecule has 0 aromatic heterocycles. The first-order chi connectivity index (χ1) is 9.36. The minimum absolute atomic E-state index is 0.210. The highest BCUT2D eigenvalue weighted by Crippen LogP contribution is 2.44. The van der Waals surface area contributed by atoms with E-state index >= 15 is 0 Å². The van der Waals surface area contributed by atoms with E-state index in [-0.39, 0.29) is 11.5 Å². The molecule has 2 fully saturated rings. The first-order valence-corrected chi connectivity index (χ1v) is 7.62. The van der Waals surface area contributed by atoms with Gasteiger partial charge in [0.15, 0.2) is 0 Å². The third-order valence-corrected chi connectivity index (χ3v) is 4.61. The fourth-order valence-electron chi connectivity index (χ4n) is 3.37. The summed E-state index contributed by atoms with van der Waals surface area (Å²) in [7, 11) is 0. The number of nitrogens with zero attached hydrogens (tertiary/aromatic N) is 1. The Morgan fingerprint density at radius 1 is 1.35 bits per heavy atom. The van der Waals surface area contributed by atoms with Gasteiger partial charge in [-0.3, -0.25) is 0 Å². The number of likely N-dealkylation sites (tertiary alicyclic amines) is 1. The zero-order valence-electron chi connectivity index (χ0n) is 13.0. The molecule has 0 aromatic rings. The summed E-state index contributed by atoms with van der Waals surface area (Å²) < 4.78 is 11.0. The van der Waals surface area contributed by atoms with Gasteiger partial charge in [-0.05, 0) is 57.9 Å². The molecule has 1 spiro atoms. The van der Waals surface area contributed by atoms with Crippen LogP contribution in [0.3, 0.4) is 0 Å². The van der Waals surface area contributed by atoms with Gasteiger partial charge in [0, 0.05) is 26.3 Å². The summed E-state index contributed by atoms with van der Waals surface area (Å²) in [6, 6.07) is 0. The van der Waals surface area contributed by atoms with Gasteiger partial charge < -0.3 is 20.1 Å². The second kappa shape index (κ2) is 5.90. The minimum atomic E-state index is -0.441. The van der Waals surface area contributed by atoms with Crippen LogP contribution in [0.1, 0.15) is 40.0 Å². The second-order valence-electron chi connectivity index (χ2n) is 7.08. The van der Waals surface area contributed by atoms with Crippen molar-refractivity contribution in [2.45, 2.75) is 45.6 Å². The molecular weight excluding hydrogens is 256 g/mol. The Labute approximate surface area is 121 Å². The third-order valence-electron chi connectivity index (χ3n) is 4.61. The molecule has 20 heavy (non-hydrogen) atoms. The van der Waals surface area contributed by atoms with Gasteiger partial charge in [0.1, 0.15) is 5.60 Å². The van der Waals surface area contributed by atoms with Crippen LogP contribution in [0.4, 0.5) is 4.79 Å². The van der Waals surface area contributed by atoms with Crippen LogP contribution in [0.15, 0.2) is 0 Å². The van der Waals surface area contributed by atoms with Gasteiger partial charge in [0.2, 0.25) is 0 Å². The summed E-state index contributed by atoms with van der Waals surface area (Å²) in [6.07, 6.45) is 2.93. The molecule has 0 aromatic carbocycles. The summed E-state index contributed by atoms with van der Waals surface area (Å²) in [5.74, 6) is 0.354. The molecule has 1 unspecified atom stereocenters. The van der Waals surface area contributed by atoms with Crippen molar-refractivity contribution in [3.63, 3.8) is 0 Å². The first-order valence-electron chi connectivity index (χ1n) is 7.62. The lowest BCUT2D eigenvalue weighted by Crippen LogP contribution is -2.54. The van der Waals surface area contributed by atoms with Crippen molar-refractivity contribution in [3.8, 4) is 0 Å². The van der Waals surface area contributed by atoms with Crippen LogP contribution in [-0.2, 0) is 9.47 Å². The maximum absolute atomic E-state index is 12.2. The molecule has 2 aliphatic rings. The fourth-order valence-corrected chi connectivity index (χ4v) is 3.37. The summed E-state index contributed by atoms with van der Waals surface area (Å²) in [4.78, 5) is 14.0. The highest BCUT2D eigenvalue weighted by molar-refractivity contribution is 5.68. The second-order valence-corrected chi connectivity index (χ2v) is 7.08. The number of ether oxygens (including phenoxy) is 2. The van der Waals surface area contributed by atoms with E-state index in [9.17, 15) is 4.79 Å². The lowest BCUT2D eigenvalue weighted by Gasteiger charge is -2.49. The Kier molecular flexibility index (Phi) is 4.59. The van der Waals surface area contributed by atoms with E-state index in [2.05, 4.69) is 0 Å². The molecule has 2 saturated heterocycles. The van der Waals surface area contributed by atoms with E-state index in [0.29, 0.717) is 19.0 Å². The van der Waals surface area contributed by atoms with E-state index < -0.39 is 5.60 Å². The molecule has 0 bridgehead atoms. The molecule has 2 N–H and O–H groups in total. The molecule has 1 atom stereocenters. The Bertz CT molecular complexity index is 346. The molecule has 2 heterocycles. The van der Waals surface area contributed by atoms with Crippen molar-refractivity contribution in [1.82, 2.24) is 4.90 Å². The molecule has 116 valence electrons. The summed E-state index contributed by atoms with van der Waals surface area (Å²) in [6.45, 7) is 9.45. The number of hydrogen-bond donors (Lipinski definition) is 1. The van der Waals surface area contributed by atoms with Crippen molar-refractivity contribution < 1.29 is 14.3 Å². The quantitative estimate of drug-likeness (QED) is 0.800. The molecule has 2 aliphatic heterocycles. The Hall–Kier alpha value is -0.810. The lowest BCUT2D eigenvalue weighted by molar-refractivity contribution is -0.0599. The van der Waals surface area contributed by atoms with E-state index in [4.69, 9.17) is 15.2 Å². The normalized spacial score (nSPS) is 26.6. The SMILES string of the molecule is CC(C)(C)OC(=O)N1CCC2(CCOCC2)C(CN)C1. The number of rotatable bonds is 1. The van der Waals surface area contributed by atoms with Crippen molar-refractivity contribution in [2.75, 3.05) is 32.8 Å². The molecule has 0 saturated carbocycles. The van der Waals surface area contributed by atoms with E-state index in [1.165, 1.54) is 0 Å². The Balaban J connectivity index is 2.00. The molecule has 0 aliphatic carbocycles. The van der Waals surface area contributed by atoms with Crippen LogP contribution >= 0.6 is 0 Å². The van der Waals surface area contributed by atoms with Gasteiger partial charge in [0.25, 0.3) is 0 Å². The van der Waals surface area contributed by atoms with Gasteiger partial charge in [-0.15, -0.1) is 0 Å². The highest BCUT2D eigenvalue weighted by Gasteiger charge is 2.44. The van der Waals surface area contributed by atoms with Crippen LogP contribution < -0.4 is 5.73 Å². The van der Waals surface area contributed by atoms with Gasteiger partial charge in [-0.25, -0.2) is 4.79 Å². The Morgan fingerprint density at radius 3 is 2.55 bits per heavy atom. The molecule has 5 heteroatoms. The molecule has 2 rings (SSSR count). The standard InChI is InChI=1S/C15H28N2O3/c1-14(2,3)20-13(18)17-7-4-15(12(10-16)11-17)5-8-19-9-6-15/h12H,4-11,16H2,1-3H3. The number of hydrogen-bond acceptors (Lipinski definition) is 4. The summed E-state index contributed by atoms with van der Waals surface area (Å²) in [5.41, 5.74) is 5.81. The molecule has 1 amide bonds. The van der Waals surface area contributed by atoms with Crippen molar-refractivity contribution in [2.24, 2.45) is 17.1 Å². The predicted molar refractivity (Wildman–Crippen MR) is 77.5 cm³/mol. The van der Waals surface area contributed by atoms with Crippen LogP contribution in [0, 0.1) is 11.3 Å². The van der Waals surface area contributed by atoms with Crippen LogP contribution in [0.25, 0.3) is 0 Å². The van der Waals surface area contributed by atoms with E-state index in [0.717, 1.165) is 39.0 Å². The third kappa shape index (κ3) is 3.44. The van der Waals surface area contributed by atoms with Crippen LogP contribution in [0.5, 0.6) is 0 Å². The van der Waals surface area contributed by atoms with Gasteiger partial charge in [-0.1, -0.05) is 0 Å². The van der Waals surface area contributed by atoms with Crippen LogP contribution in [0.2, 0.25) is 0 Å². The van der Waals surface area contributed by atoms with Crippen molar-refractivity contribution in [3.05, 3.63) is 0 Å². The number of carbonyl (C=O) groups excluding carboxylic acids is 1. The Morgan fingerprint density at radius 2 is 2.00 bits per heavy atom. The zero-order valence-corrected chi connectivity index (χ0v) is 13.0. The lowest BCUT2D eigenvalue weighted by atomic mass is 9.65. The first kappa shape index (κ1) is 15.6. The van der Waals surface area contributed by atoms with Gasteiger partial charge in [0.05, 0.1) is 0 Å². The number of carbonyl (C=O) groups is 1. The maximum atomic E-state index is 12.2. The number of amides is 1. The van der Waals surface area contributed by atoms with Crippen molar-refractivity contribution >= 4 is 6.09 Å². The monoisotopic (exact) mass is 284 g/mol. The average molecular weight is 284 g/mol. The average Bonchev–Trinajstić information content (AvgIpc) is 2.38. The van der Waals surface area contributed by atoms with Crippen molar-refractivity contribution in [1.29, 1.82) is 0 Å². The van der Waals surface area contributed by atoms with E-state index in [1.54, 1.807) is 0 Å². The minimum Gasteiger partial charge on any atom is -0.444 e. The summed E-state index contributed by atoms with van der Waals surface area (Å²) in [5, 5.41) is 0. The molecular formula is C15H28N2O3. The topological polar surface area (TPSA) is 64.8 Å². The highest BCUT2D eigenvalue weighted by atomic mass is 16.6. The fraction of sp³-hybridized carbons (Fsp3) is 0.933. The maximum Gasteiger partial charge on any atom is 0.410 e. The van der Waals surface area contributed by atoms with Crippen LogP contribution in [-0.4, -0.2) is 49.4 Å². The van der Waals surface area contributed by atoms with Gasteiger partial charge in [-0.2, -0.15) is 0 Å². The largest absolute Gasteiger partial charge is 0.444 e. The molecule has 0 radical (unpaired) electrons. The predicted octanol–water partition coefficient (Wildman–Crippen LogP) is 2.00. The van der Waals surface area contributed by atoms with E-state index in [1.807, 2.05) is 25.7 Å². The van der Waals surface area contributed by atoms with Gasteiger partial charge >= 0.3 is 6.09 Å². The number of nitrogens with two attached hydrogens (primary N) is 1. The zero-order chi connectivity index (χ0) is 14.8.